The normalized spacial score (nSPS) is 9.37. The van der Waals surface area contributed by atoms with Gasteiger partial charge in [-0.1, -0.05) is 35.3 Å². The van der Waals surface area contributed by atoms with Crippen LogP contribution in [0.5, 0.6) is 0 Å². The third-order valence-corrected chi connectivity index (χ3v) is 3.10. The van der Waals surface area contributed by atoms with Crippen molar-refractivity contribution in [2.45, 2.75) is 13.1 Å². The molecule has 2 rings (SSSR count). The van der Waals surface area contributed by atoms with E-state index in [-0.39, 0.29) is 24.8 Å². The molecule has 0 bridgehead atoms. The Labute approximate surface area is 135 Å². The molecule has 0 saturated heterocycles. The summed E-state index contributed by atoms with van der Waals surface area (Å²) >= 11 is 11.8. The van der Waals surface area contributed by atoms with Crippen molar-refractivity contribution in [2.75, 3.05) is 0 Å². The zero-order chi connectivity index (χ0) is 12.1. The van der Waals surface area contributed by atoms with Gasteiger partial charge in [-0.15, -0.1) is 24.8 Å². The van der Waals surface area contributed by atoms with E-state index in [1.807, 2.05) is 36.5 Å². The predicted octanol–water partition coefficient (Wildman–Crippen LogP) is 4.52. The zero-order valence-electron chi connectivity index (χ0n) is 9.98. The summed E-state index contributed by atoms with van der Waals surface area (Å²) in [4.78, 5) is 4.06. The van der Waals surface area contributed by atoms with Crippen molar-refractivity contribution in [3.05, 3.63) is 63.9 Å². The van der Waals surface area contributed by atoms with Crippen molar-refractivity contribution >= 4 is 48.0 Å². The van der Waals surface area contributed by atoms with E-state index in [2.05, 4.69) is 10.3 Å². The van der Waals surface area contributed by atoms with Gasteiger partial charge < -0.3 is 5.32 Å². The van der Waals surface area contributed by atoms with Crippen LogP contribution in [0.25, 0.3) is 0 Å². The minimum Gasteiger partial charge on any atom is -0.309 e. The molecule has 1 N–H and O–H groups in total. The molecular formula is C13H14Cl4N2. The molecule has 104 valence electrons. The maximum Gasteiger partial charge on any atom is 0.0595 e. The molecule has 19 heavy (non-hydrogen) atoms. The highest BCUT2D eigenvalue weighted by molar-refractivity contribution is 6.42. The van der Waals surface area contributed by atoms with E-state index in [0.717, 1.165) is 24.2 Å². The molecule has 0 radical (unpaired) electrons. The first-order valence-electron chi connectivity index (χ1n) is 5.29. The van der Waals surface area contributed by atoms with Crippen molar-refractivity contribution in [3.8, 4) is 0 Å². The second-order valence-electron chi connectivity index (χ2n) is 3.71. The largest absolute Gasteiger partial charge is 0.309 e. The fourth-order valence-corrected chi connectivity index (χ4v) is 1.82. The summed E-state index contributed by atoms with van der Waals surface area (Å²) in [7, 11) is 0. The fraction of sp³-hybridized carbons (Fsp3) is 0.154. The van der Waals surface area contributed by atoms with Crippen molar-refractivity contribution in [3.63, 3.8) is 0 Å². The Kier molecular flexibility index (Phi) is 9.15. The Morgan fingerprint density at radius 3 is 2.32 bits per heavy atom. The second kappa shape index (κ2) is 9.40. The average Bonchev–Trinajstić information content (AvgIpc) is 2.35. The van der Waals surface area contributed by atoms with Crippen molar-refractivity contribution in [1.29, 1.82) is 0 Å². The van der Waals surface area contributed by atoms with Crippen molar-refractivity contribution in [2.24, 2.45) is 0 Å². The summed E-state index contributed by atoms with van der Waals surface area (Å²) in [6, 6.07) is 9.61. The molecule has 2 aromatic rings. The molecule has 0 fully saturated rings. The molecular weight excluding hydrogens is 326 g/mol. The third-order valence-electron chi connectivity index (χ3n) is 2.37. The summed E-state index contributed by atoms with van der Waals surface area (Å²) in [6.45, 7) is 1.54. The van der Waals surface area contributed by atoms with Gasteiger partial charge >= 0.3 is 0 Å². The molecule has 1 aromatic carbocycles. The van der Waals surface area contributed by atoms with Crippen LogP contribution in [0.15, 0.2) is 42.7 Å². The Balaban J connectivity index is 0.00000162. The summed E-state index contributed by atoms with van der Waals surface area (Å²) in [6.07, 6.45) is 3.62. The predicted molar refractivity (Wildman–Crippen MR) is 85.7 cm³/mol. The van der Waals surface area contributed by atoms with Crippen LogP contribution in [0.2, 0.25) is 10.0 Å². The molecule has 6 heteroatoms. The van der Waals surface area contributed by atoms with Crippen LogP contribution < -0.4 is 5.32 Å². The maximum absolute atomic E-state index is 5.94. The lowest BCUT2D eigenvalue weighted by Gasteiger charge is -2.05. The molecule has 0 aliphatic heterocycles. The number of pyridine rings is 1. The summed E-state index contributed by atoms with van der Waals surface area (Å²) in [5, 5.41) is 4.50. The first kappa shape index (κ1) is 18.5. The Bertz CT molecular complexity index is 491. The van der Waals surface area contributed by atoms with Gasteiger partial charge in [0.05, 0.1) is 10.0 Å². The molecule has 0 unspecified atom stereocenters. The highest BCUT2D eigenvalue weighted by atomic mass is 35.5. The summed E-state index contributed by atoms with van der Waals surface area (Å²) < 4.78 is 0. The Hall–Kier alpha value is -0.510. The van der Waals surface area contributed by atoms with E-state index < -0.39 is 0 Å². The van der Waals surface area contributed by atoms with E-state index in [9.17, 15) is 0 Å². The summed E-state index contributed by atoms with van der Waals surface area (Å²) in [5.74, 6) is 0. The van der Waals surface area contributed by atoms with Crippen LogP contribution in [-0.4, -0.2) is 4.98 Å². The van der Waals surface area contributed by atoms with Crippen LogP contribution in [0.4, 0.5) is 0 Å². The van der Waals surface area contributed by atoms with Crippen LogP contribution in [-0.2, 0) is 13.1 Å². The van der Waals surface area contributed by atoms with Gasteiger partial charge in [0.1, 0.15) is 0 Å². The van der Waals surface area contributed by atoms with E-state index in [0.29, 0.717) is 10.0 Å². The monoisotopic (exact) mass is 338 g/mol. The van der Waals surface area contributed by atoms with E-state index in [4.69, 9.17) is 23.2 Å². The molecule has 1 aromatic heterocycles. The molecule has 0 atom stereocenters. The molecule has 0 amide bonds. The van der Waals surface area contributed by atoms with Gasteiger partial charge in [-0.3, -0.25) is 4.98 Å². The SMILES string of the molecule is Cl.Cl.Clc1ccc(CNCc2cccnc2)cc1Cl. The van der Waals surface area contributed by atoms with Gasteiger partial charge in [-0.05, 0) is 29.3 Å². The Morgan fingerprint density at radius 1 is 0.947 bits per heavy atom. The standard InChI is InChI=1S/C13H12Cl2N2.2ClH/c14-12-4-3-10(6-13(12)15)7-17-9-11-2-1-5-16-8-11;;/h1-6,8,17H,7,9H2;2*1H. The fourth-order valence-electron chi connectivity index (χ4n) is 1.50. The van der Waals surface area contributed by atoms with Crippen LogP contribution >= 0.6 is 48.0 Å². The molecule has 0 aliphatic carbocycles. The van der Waals surface area contributed by atoms with Gasteiger partial charge in [0.2, 0.25) is 0 Å². The first-order chi connectivity index (χ1) is 8.25. The van der Waals surface area contributed by atoms with Gasteiger partial charge in [0, 0.05) is 25.5 Å². The van der Waals surface area contributed by atoms with Crippen molar-refractivity contribution < 1.29 is 0 Å². The number of aromatic nitrogens is 1. The number of benzene rings is 1. The molecule has 0 saturated carbocycles. The highest BCUT2D eigenvalue weighted by Crippen LogP contribution is 2.22. The number of halogens is 4. The number of rotatable bonds is 4. The number of nitrogens with zero attached hydrogens (tertiary/aromatic N) is 1. The van der Waals surface area contributed by atoms with Gasteiger partial charge in [-0.25, -0.2) is 0 Å². The number of hydrogen-bond acceptors (Lipinski definition) is 2. The van der Waals surface area contributed by atoms with E-state index in [1.54, 1.807) is 6.20 Å². The van der Waals surface area contributed by atoms with E-state index >= 15 is 0 Å². The lowest BCUT2D eigenvalue weighted by Crippen LogP contribution is -2.12. The highest BCUT2D eigenvalue weighted by Gasteiger charge is 1.99. The average molecular weight is 340 g/mol. The molecule has 2 nitrogen and oxygen atoms in total. The quantitative estimate of drug-likeness (QED) is 0.885. The summed E-state index contributed by atoms with van der Waals surface area (Å²) in [5.41, 5.74) is 2.27. The molecule has 0 aliphatic rings. The van der Waals surface area contributed by atoms with Crippen LogP contribution in [0.3, 0.4) is 0 Å². The zero-order valence-corrected chi connectivity index (χ0v) is 13.1. The third kappa shape index (κ3) is 5.98. The maximum atomic E-state index is 5.94. The van der Waals surface area contributed by atoms with Crippen LogP contribution in [0.1, 0.15) is 11.1 Å². The lowest BCUT2D eigenvalue weighted by molar-refractivity contribution is 0.691. The minimum absolute atomic E-state index is 0. The molecule has 0 spiro atoms. The second-order valence-corrected chi connectivity index (χ2v) is 4.53. The molecule has 1 heterocycles. The number of hydrogen-bond donors (Lipinski definition) is 1. The van der Waals surface area contributed by atoms with E-state index in [1.165, 1.54) is 0 Å². The van der Waals surface area contributed by atoms with Crippen molar-refractivity contribution in [1.82, 2.24) is 10.3 Å². The van der Waals surface area contributed by atoms with Crippen LogP contribution in [0, 0.1) is 0 Å². The Morgan fingerprint density at radius 2 is 1.68 bits per heavy atom. The van der Waals surface area contributed by atoms with Gasteiger partial charge in [-0.2, -0.15) is 0 Å². The smallest absolute Gasteiger partial charge is 0.0595 e. The van der Waals surface area contributed by atoms with Gasteiger partial charge in [0.15, 0.2) is 0 Å². The lowest BCUT2D eigenvalue weighted by atomic mass is 10.2. The topological polar surface area (TPSA) is 24.9 Å². The minimum atomic E-state index is 0. The number of nitrogens with one attached hydrogen (secondary N) is 1. The first-order valence-corrected chi connectivity index (χ1v) is 6.05. The van der Waals surface area contributed by atoms with Gasteiger partial charge in [0.25, 0.3) is 0 Å².